The summed E-state index contributed by atoms with van der Waals surface area (Å²) in [5, 5.41) is 16.0. The second-order valence-electron chi connectivity index (χ2n) is 2.61. The fourth-order valence-corrected chi connectivity index (χ4v) is 1.03. The van der Waals surface area contributed by atoms with Crippen LogP contribution >= 0.6 is 0 Å². The van der Waals surface area contributed by atoms with Gasteiger partial charge in [-0.3, -0.25) is 0 Å². The zero-order chi connectivity index (χ0) is 9.26. The highest BCUT2D eigenvalue weighted by Crippen LogP contribution is 2.22. The van der Waals surface area contributed by atoms with Crippen molar-refractivity contribution >= 4 is 11.7 Å². The number of hydrogen-bond donors (Lipinski definition) is 1. The van der Waals surface area contributed by atoms with Crippen LogP contribution in [0.25, 0.3) is 5.70 Å². The third kappa shape index (κ3) is 1.33. The molecule has 4 nitrogen and oxygen atoms in total. The summed E-state index contributed by atoms with van der Waals surface area (Å²) in [4.78, 5) is 10.5. The van der Waals surface area contributed by atoms with E-state index in [0.29, 0.717) is 0 Å². The van der Waals surface area contributed by atoms with Crippen molar-refractivity contribution in [2.45, 2.75) is 0 Å². The highest BCUT2D eigenvalue weighted by Gasteiger charge is 2.07. The molecule has 0 saturated heterocycles. The molecular weight excluding hydrogens is 168 g/mol. The standard InChI is InChI=1S/C9H6N2O2/c12-9(13)7-3-1-6(2-4-7)8-5-10-11-8/h1-5H,(H,12,13). The predicted octanol–water partition coefficient (Wildman–Crippen LogP) is 2.15. The van der Waals surface area contributed by atoms with Gasteiger partial charge < -0.3 is 5.11 Å². The Morgan fingerprint density at radius 3 is 2.23 bits per heavy atom. The van der Waals surface area contributed by atoms with Crippen LogP contribution in [0.1, 0.15) is 15.9 Å². The first-order valence-electron chi connectivity index (χ1n) is 3.72. The van der Waals surface area contributed by atoms with Crippen molar-refractivity contribution in [1.29, 1.82) is 0 Å². The van der Waals surface area contributed by atoms with Crippen LogP contribution in [-0.2, 0) is 0 Å². The third-order valence-electron chi connectivity index (χ3n) is 1.77. The Balaban J connectivity index is 2.28. The summed E-state index contributed by atoms with van der Waals surface area (Å²) < 4.78 is 0. The molecule has 2 rings (SSSR count). The van der Waals surface area contributed by atoms with E-state index in [1.54, 1.807) is 30.5 Å². The van der Waals surface area contributed by atoms with E-state index in [1.807, 2.05) is 0 Å². The van der Waals surface area contributed by atoms with Crippen LogP contribution in [0.4, 0.5) is 0 Å². The number of hydrogen-bond acceptors (Lipinski definition) is 3. The molecule has 4 heteroatoms. The van der Waals surface area contributed by atoms with Crippen molar-refractivity contribution < 1.29 is 9.90 Å². The van der Waals surface area contributed by atoms with Crippen molar-refractivity contribution in [2.75, 3.05) is 0 Å². The minimum Gasteiger partial charge on any atom is -0.478 e. The number of rotatable bonds is 2. The van der Waals surface area contributed by atoms with E-state index >= 15 is 0 Å². The van der Waals surface area contributed by atoms with E-state index in [-0.39, 0.29) is 5.56 Å². The van der Waals surface area contributed by atoms with Gasteiger partial charge in [0.2, 0.25) is 0 Å². The Bertz CT molecular complexity index is 404. The van der Waals surface area contributed by atoms with E-state index < -0.39 is 5.97 Å². The van der Waals surface area contributed by atoms with Crippen molar-refractivity contribution in [3.8, 4) is 0 Å². The topological polar surface area (TPSA) is 62.0 Å². The Morgan fingerprint density at radius 1 is 1.23 bits per heavy atom. The quantitative estimate of drug-likeness (QED) is 0.746. The molecule has 0 radical (unpaired) electrons. The number of carboxylic acid groups (broad SMARTS) is 1. The van der Waals surface area contributed by atoms with Gasteiger partial charge in [0.25, 0.3) is 0 Å². The first kappa shape index (κ1) is 7.67. The first-order valence-corrected chi connectivity index (χ1v) is 3.72. The van der Waals surface area contributed by atoms with Gasteiger partial charge >= 0.3 is 5.97 Å². The first-order chi connectivity index (χ1) is 6.27. The number of nitrogens with zero attached hydrogens (tertiary/aromatic N) is 2. The Kier molecular flexibility index (Phi) is 1.66. The van der Waals surface area contributed by atoms with Gasteiger partial charge in [-0.25, -0.2) is 4.79 Å². The van der Waals surface area contributed by atoms with Crippen molar-refractivity contribution in [1.82, 2.24) is 0 Å². The third-order valence-corrected chi connectivity index (χ3v) is 1.77. The van der Waals surface area contributed by atoms with Gasteiger partial charge in [0, 0.05) is 5.56 Å². The summed E-state index contributed by atoms with van der Waals surface area (Å²) in [7, 11) is 0. The largest absolute Gasteiger partial charge is 0.478 e. The Morgan fingerprint density at radius 2 is 1.85 bits per heavy atom. The molecule has 0 amide bonds. The van der Waals surface area contributed by atoms with Crippen molar-refractivity contribution in [2.24, 2.45) is 10.2 Å². The molecule has 0 saturated carbocycles. The lowest BCUT2D eigenvalue weighted by Crippen LogP contribution is -1.96. The number of benzene rings is 1. The van der Waals surface area contributed by atoms with Gasteiger partial charge in [0.05, 0.1) is 11.8 Å². The molecule has 0 aromatic heterocycles. The minimum absolute atomic E-state index is 0.278. The molecule has 0 bridgehead atoms. The zero-order valence-electron chi connectivity index (χ0n) is 6.64. The molecule has 1 heterocycles. The molecule has 0 spiro atoms. The van der Waals surface area contributed by atoms with E-state index in [9.17, 15) is 4.79 Å². The molecule has 0 unspecified atom stereocenters. The molecule has 0 fully saturated rings. The summed E-state index contributed by atoms with van der Waals surface area (Å²) in [5.74, 6) is -0.921. The minimum atomic E-state index is -0.921. The molecule has 1 aromatic rings. The number of carboxylic acids is 1. The SMILES string of the molecule is O=C(O)c1ccc(C2=CN=N2)cc1. The van der Waals surface area contributed by atoms with Crippen LogP contribution in [0.2, 0.25) is 0 Å². The number of aromatic carboxylic acids is 1. The Hall–Kier alpha value is -1.97. The lowest BCUT2D eigenvalue weighted by molar-refractivity contribution is 0.0697. The molecule has 0 atom stereocenters. The van der Waals surface area contributed by atoms with Crippen LogP contribution < -0.4 is 0 Å². The maximum atomic E-state index is 10.5. The van der Waals surface area contributed by atoms with Gasteiger partial charge in [0.1, 0.15) is 5.70 Å². The Labute approximate surface area is 74.2 Å². The van der Waals surface area contributed by atoms with Crippen LogP contribution in [0.15, 0.2) is 40.7 Å². The lowest BCUT2D eigenvalue weighted by Gasteiger charge is -2.04. The summed E-state index contributed by atoms with van der Waals surface area (Å²) in [5.41, 5.74) is 1.96. The number of azo groups is 1. The van der Waals surface area contributed by atoms with E-state index in [1.165, 1.54) is 0 Å². The van der Waals surface area contributed by atoms with Crippen LogP contribution in [0, 0.1) is 0 Å². The maximum absolute atomic E-state index is 10.5. The van der Waals surface area contributed by atoms with E-state index in [4.69, 9.17) is 5.11 Å². The van der Waals surface area contributed by atoms with Gasteiger partial charge in [-0.1, -0.05) is 12.1 Å². The molecule has 0 aliphatic carbocycles. The van der Waals surface area contributed by atoms with Crippen LogP contribution in [-0.4, -0.2) is 11.1 Å². The highest BCUT2D eigenvalue weighted by molar-refractivity contribution is 5.88. The summed E-state index contributed by atoms with van der Waals surface area (Å²) >= 11 is 0. The van der Waals surface area contributed by atoms with Gasteiger partial charge in [0.15, 0.2) is 0 Å². The smallest absolute Gasteiger partial charge is 0.335 e. The fourth-order valence-electron chi connectivity index (χ4n) is 1.03. The summed E-state index contributed by atoms with van der Waals surface area (Å²) in [6, 6.07) is 6.53. The second kappa shape index (κ2) is 2.82. The maximum Gasteiger partial charge on any atom is 0.335 e. The summed E-state index contributed by atoms with van der Waals surface area (Å²) in [6.07, 6.45) is 1.63. The normalized spacial score (nSPS) is 13.4. The molecule has 64 valence electrons. The zero-order valence-corrected chi connectivity index (χ0v) is 6.64. The average molecular weight is 174 g/mol. The van der Waals surface area contributed by atoms with Crippen molar-refractivity contribution in [3.63, 3.8) is 0 Å². The molecule has 1 aliphatic heterocycles. The molecule has 1 aliphatic rings. The van der Waals surface area contributed by atoms with E-state index in [0.717, 1.165) is 11.3 Å². The predicted molar refractivity (Wildman–Crippen MR) is 46.2 cm³/mol. The highest BCUT2D eigenvalue weighted by atomic mass is 16.4. The molecule has 1 N–H and O–H groups in total. The summed E-state index contributed by atoms with van der Waals surface area (Å²) in [6.45, 7) is 0. The average Bonchev–Trinajstić information content (AvgIpc) is 2.02. The fraction of sp³-hybridized carbons (Fsp3) is 0. The molecule has 13 heavy (non-hydrogen) atoms. The lowest BCUT2D eigenvalue weighted by atomic mass is 10.1. The van der Waals surface area contributed by atoms with Crippen molar-refractivity contribution in [3.05, 3.63) is 41.6 Å². The monoisotopic (exact) mass is 174 g/mol. The van der Waals surface area contributed by atoms with Crippen LogP contribution in [0.5, 0.6) is 0 Å². The van der Waals surface area contributed by atoms with Gasteiger partial charge in [-0.2, -0.15) is 5.11 Å². The van der Waals surface area contributed by atoms with E-state index in [2.05, 4.69) is 10.2 Å². The van der Waals surface area contributed by atoms with Gasteiger partial charge in [-0.15, -0.1) is 5.11 Å². The molecule has 1 aromatic carbocycles. The molecular formula is C9H6N2O2. The number of carbonyl (C=O) groups is 1. The van der Waals surface area contributed by atoms with Crippen LogP contribution in [0.3, 0.4) is 0 Å². The van der Waals surface area contributed by atoms with Gasteiger partial charge in [-0.05, 0) is 12.1 Å². The second-order valence-corrected chi connectivity index (χ2v) is 2.61.